The molecule has 0 bridgehead atoms. The van der Waals surface area contributed by atoms with Crippen molar-refractivity contribution in [3.05, 3.63) is 104 Å². The van der Waals surface area contributed by atoms with E-state index in [1.54, 1.807) is 24.3 Å². The second kappa shape index (κ2) is 13.2. The number of hydrogen-bond acceptors (Lipinski definition) is 3. The number of rotatable bonds is 10. The zero-order valence-corrected chi connectivity index (χ0v) is 22.0. The number of amides is 2. The Morgan fingerprint density at radius 1 is 0.914 bits per heavy atom. The molecule has 1 atom stereocenters. The Labute approximate surface area is 223 Å². The van der Waals surface area contributed by atoms with Crippen LogP contribution >= 0.6 is 46.6 Å². The minimum atomic E-state index is -0.806. The van der Waals surface area contributed by atoms with Crippen molar-refractivity contribution < 1.29 is 14.0 Å². The topological polar surface area (TPSA) is 49.4 Å². The van der Waals surface area contributed by atoms with Gasteiger partial charge in [-0.25, -0.2) is 4.39 Å². The molecular formula is C26H24Cl3FN2O2S. The summed E-state index contributed by atoms with van der Waals surface area (Å²) >= 11 is 20.1. The molecule has 1 N–H and O–H groups in total. The standard InChI is InChI=1S/C26H24Cl3FN2O2S/c1-31-26(34)24(13-17-7-3-2-4-8-17)32(14-18-20(27)9-5-10-21(18)28)25(33)16-35-15-19-22(29)11-6-12-23(19)30/h2-12,24H,13-16H2,1H3,(H,31,34). The van der Waals surface area contributed by atoms with Gasteiger partial charge in [-0.3, -0.25) is 9.59 Å². The number of halogens is 4. The van der Waals surface area contributed by atoms with Gasteiger partial charge in [-0.2, -0.15) is 0 Å². The lowest BCUT2D eigenvalue weighted by molar-refractivity contribution is -0.139. The van der Waals surface area contributed by atoms with Crippen LogP contribution in [0.4, 0.5) is 4.39 Å². The van der Waals surface area contributed by atoms with Gasteiger partial charge in [0.15, 0.2) is 0 Å². The number of nitrogens with zero attached hydrogens (tertiary/aromatic N) is 1. The van der Waals surface area contributed by atoms with E-state index in [0.29, 0.717) is 32.6 Å². The molecule has 0 fully saturated rings. The Kier molecular flexibility index (Phi) is 10.3. The third-order valence-corrected chi connectivity index (χ3v) is 7.45. The molecule has 0 aliphatic heterocycles. The summed E-state index contributed by atoms with van der Waals surface area (Å²) in [6.07, 6.45) is 0.304. The summed E-state index contributed by atoms with van der Waals surface area (Å²) < 4.78 is 14.2. The third kappa shape index (κ3) is 7.37. The molecule has 1 unspecified atom stereocenters. The molecule has 9 heteroatoms. The molecule has 2 amide bonds. The molecule has 0 aliphatic rings. The number of hydrogen-bond donors (Lipinski definition) is 1. The van der Waals surface area contributed by atoms with Gasteiger partial charge in [0.2, 0.25) is 11.8 Å². The van der Waals surface area contributed by atoms with Gasteiger partial charge in [-0.15, -0.1) is 11.8 Å². The van der Waals surface area contributed by atoms with Crippen molar-refractivity contribution in [3.63, 3.8) is 0 Å². The monoisotopic (exact) mass is 552 g/mol. The molecule has 4 nitrogen and oxygen atoms in total. The molecule has 0 saturated heterocycles. The van der Waals surface area contributed by atoms with Crippen LogP contribution in [0.5, 0.6) is 0 Å². The SMILES string of the molecule is CNC(=O)C(Cc1ccccc1)N(Cc1c(Cl)cccc1Cl)C(=O)CSCc1c(F)cccc1Cl. The van der Waals surface area contributed by atoms with Crippen LogP contribution in [0.25, 0.3) is 0 Å². The van der Waals surface area contributed by atoms with E-state index in [4.69, 9.17) is 34.8 Å². The van der Waals surface area contributed by atoms with Gasteiger partial charge in [0, 0.05) is 52.0 Å². The number of carbonyl (C=O) groups excluding carboxylic acids is 2. The summed E-state index contributed by atoms with van der Waals surface area (Å²) in [6, 6.07) is 18.2. The van der Waals surface area contributed by atoms with Crippen molar-refractivity contribution in [2.75, 3.05) is 12.8 Å². The smallest absolute Gasteiger partial charge is 0.242 e. The van der Waals surface area contributed by atoms with Crippen molar-refractivity contribution in [2.45, 2.75) is 24.8 Å². The van der Waals surface area contributed by atoms with Gasteiger partial charge in [0.25, 0.3) is 0 Å². The maximum Gasteiger partial charge on any atom is 0.242 e. The average molecular weight is 554 g/mol. The quantitative estimate of drug-likeness (QED) is 0.316. The van der Waals surface area contributed by atoms with Crippen LogP contribution in [0, 0.1) is 5.82 Å². The molecule has 35 heavy (non-hydrogen) atoms. The molecule has 0 aliphatic carbocycles. The van der Waals surface area contributed by atoms with Crippen LogP contribution in [0.3, 0.4) is 0 Å². The Morgan fingerprint density at radius 2 is 1.51 bits per heavy atom. The van der Waals surface area contributed by atoms with Crippen molar-refractivity contribution in [1.82, 2.24) is 10.2 Å². The van der Waals surface area contributed by atoms with Crippen molar-refractivity contribution in [1.29, 1.82) is 0 Å². The van der Waals surface area contributed by atoms with E-state index in [1.165, 1.54) is 35.8 Å². The van der Waals surface area contributed by atoms with Gasteiger partial charge >= 0.3 is 0 Å². The summed E-state index contributed by atoms with van der Waals surface area (Å²) in [7, 11) is 1.53. The highest BCUT2D eigenvalue weighted by atomic mass is 35.5. The van der Waals surface area contributed by atoms with Gasteiger partial charge in [0.1, 0.15) is 11.9 Å². The Bertz CT molecular complexity index is 1140. The van der Waals surface area contributed by atoms with Gasteiger partial charge < -0.3 is 10.2 Å². The summed E-state index contributed by atoms with van der Waals surface area (Å²) in [5.41, 5.74) is 1.78. The number of nitrogens with one attached hydrogen (secondary N) is 1. The summed E-state index contributed by atoms with van der Waals surface area (Å²) in [6.45, 7) is 0.0449. The van der Waals surface area contributed by atoms with Gasteiger partial charge in [0.05, 0.1) is 5.75 Å². The van der Waals surface area contributed by atoms with E-state index in [1.807, 2.05) is 30.3 Å². The lowest BCUT2D eigenvalue weighted by Crippen LogP contribution is -2.50. The maximum atomic E-state index is 14.2. The Balaban J connectivity index is 1.88. The van der Waals surface area contributed by atoms with Crippen LogP contribution in [0.1, 0.15) is 16.7 Å². The van der Waals surface area contributed by atoms with Crippen LogP contribution in [-0.4, -0.2) is 35.6 Å². The van der Waals surface area contributed by atoms with Gasteiger partial charge in [-0.05, 0) is 29.8 Å². The highest BCUT2D eigenvalue weighted by Crippen LogP contribution is 2.28. The summed E-state index contributed by atoms with van der Waals surface area (Å²) in [5.74, 6) is -0.823. The predicted octanol–water partition coefficient (Wildman–Crippen LogP) is 6.41. The van der Waals surface area contributed by atoms with E-state index >= 15 is 0 Å². The molecule has 3 aromatic carbocycles. The molecule has 184 valence electrons. The fraction of sp³-hybridized carbons (Fsp3) is 0.231. The van der Waals surface area contributed by atoms with Crippen LogP contribution in [0.15, 0.2) is 66.7 Å². The largest absolute Gasteiger partial charge is 0.357 e. The highest BCUT2D eigenvalue weighted by Gasteiger charge is 2.30. The average Bonchev–Trinajstić information content (AvgIpc) is 2.84. The molecule has 0 radical (unpaired) electrons. The van der Waals surface area contributed by atoms with E-state index < -0.39 is 11.9 Å². The summed E-state index contributed by atoms with van der Waals surface area (Å²) in [5, 5.41) is 3.76. The zero-order chi connectivity index (χ0) is 25.4. The van der Waals surface area contributed by atoms with Crippen LogP contribution in [0.2, 0.25) is 15.1 Å². The van der Waals surface area contributed by atoms with Gasteiger partial charge in [-0.1, -0.05) is 77.3 Å². The minimum absolute atomic E-state index is 0.00895. The zero-order valence-electron chi connectivity index (χ0n) is 18.9. The lowest BCUT2D eigenvalue weighted by atomic mass is 10.0. The highest BCUT2D eigenvalue weighted by molar-refractivity contribution is 7.99. The Hall–Kier alpha value is -2.25. The second-order valence-electron chi connectivity index (χ2n) is 7.73. The first-order chi connectivity index (χ1) is 16.8. The first kappa shape index (κ1) is 27.3. The molecule has 3 rings (SSSR count). The second-order valence-corrected chi connectivity index (χ2v) is 9.94. The number of likely N-dealkylation sites (N-methyl/N-ethyl adjacent to an activating group) is 1. The van der Waals surface area contributed by atoms with Crippen molar-refractivity contribution >= 4 is 58.4 Å². The fourth-order valence-corrected chi connectivity index (χ4v) is 5.33. The van der Waals surface area contributed by atoms with Crippen molar-refractivity contribution in [3.8, 4) is 0 Å². The molecule has 0 heterocycles. The maximum absolute atomic E-state index is 14.2. The van der Waals surface area contributed by atoms with Crippen molar-refractivity contribution in [2.24, 2.45) is 0 Å². The normalized spacial score (nSPS) is 11.7. The first-order valence-corrected chi connectivity index (χ1v) is 13.1. The van der Waals surface area contributed by atoms with E-state index in [0.717, 1.165) is 5.56 Å². The molecule has 3 aromatic rings. The van der Waals surface area contributed by atoms with E-state index in [9.17, 15) is 14.0 Å². The van der Waals surface area contributed by atoms with Crippen LogP contribution in [-0.2, 0) is 28.3 Å². The number of thioether (sulfide) groups is 1. The summed E-state index contributed by atoms with van der Waals surface area (Å²) in [4.78, 5) is 27.9. The molecular weight excluding hydrogens is 530 g/mol. The molecule has 0 spiro atoms. The fourth-order valence-electron chi connectivity index (χ4n) is 3.57. The molecule has 0 aromatic heterocycles. The van der Waals surface area contributed by atoms with E-state index in [-0.39, 0.29) is 29.9 Å². The minimum Gasteiger partial charge on any atom is -0.357 e. The Morgan fingerprint density at radius 3 is 2.11 bits per heavy atom. The lowest BCUT2D eigenvalue weighted by Gasteiger charge is -2.31. The van der Waals surface area contributed by atoms with E-state index in [2.05, 4.69) is 5.32 Å². The number of carbonyl (C=O) groups is 2. The van der Waals surface area contributed by atoms with Crippen LogP contribution < -0.4 is 5.32 Å². The predicted molar refractivity (Wildman–Crippen MR) is 143 cm³/mol. The first-order valence-electron chi connectivity index (χ1n) is 10.8. The molecule has 0 saturated carbocycles. The number of benzene rings is 3. The third-order valence-electron chi connectivity index (χ3n) is 5.44.